The van der Waals surface area contributed by atoms with E-state index in [1.165, 1.54) is 15.2 Å². The van der Waals surface area contributed by atoms with E-state index in [0.717, 1.165) is 18.7 Å². The second kappa shape index (κ2) is 6.86. The lowest BCUT2D eigenvalue weighted by Gasteiger charge is -2.33. The molecule has 1 aromatic carbocycles. The molecule has 0 atom stereocenters. The first-order valence-corrected chi connectivity index (χ1v) is 9.86. The van der Waals surface area contributed by atoms with E-state index in [1.54, 1.807) is 11.3 Å². The molecule has 124 valence electrons. The van der Waals surface area contributed by atoms with Gasteiger partial charge in [-0.2, -0.15) is 4.31 Å². The van der Waals surface area contributed by atoms with Crippen LogP contribution in [0.15, 0.2) is 40.6 Å². The lowest BCUT2D eigenvalue weighted by molar-refractivity contribution is 0.183. The first-order chi connectivity index (χ1) is 11.0. The van der Waals surface area contributed by atoms with Crippen molar-refractivity contribution in [3.63, 3.8) is 0 Å². The zero-order valence-electron chi connectivity index (χ0n) is 12.3. The number of rotatable bonds is 4. The number of hydrogen-bond acceptors (Lipinski definition) is 4. The molecule has 0 N–H and O–H groups in total. The van der Waals surface area contributed by atoms with E-state index >= 15 is 0 Å². The number of sulfonamides is 1. The highest BCUT2D eigenvalue weighted by Gasteiger charge is 2.30. The summed E-state index contributed by atoms with van der Waals surface area (Å²) in [5, 5.41) is 1.96. The van der Waals surface area contributed by atoms with E-state index in [4.69, 9.17) is 11.6 Å². The van der Waals surface area contributed by atoms with Gasteiger partial charge in [0.1, 0.15) is 10.7 Å². The van der Waals surface area contributed by atoms with Crippen molar-refractivity contribution in [2.75, 3.05) is 26.2 Å². The fourth-order valence-electron chi connectivity index (χ4n) is 2.57. The summed E-state index contributed by atoms with van der Waals surface area (Å²) in [5.74, 6) is -0.547. The smallest absolute Gasteiger partial charge is 0.244 e. The molecule has 1 aliphatic heterocycles. The molecule has 3 rings (SSSR count). The van der Waals surface area contributed by atoms with Crippen molar-refractivity contribution in [3.8, 4) is 0 Å². The highest BCUT2D eigenvalue weighted by atomic mass is 35.5. The van der Waals surface area contributed by atoms with Crippen LogP contribution >= 0.6 is 22.9 Å². The van der Waals surface area contributed by atoms with Crippen LogP contribution < -0.4 is 0 Å². The molecule has 0 unspecified atom stereocenters. The van der Waals surface area contributed by atoms with Gasteiger partial charge in [-0.3, -0.25) is 4.90 Å². The molecule has 2 aromatic rings. The van der Waals surface area contributed by atoms with Crippen molar-refractivity contribution < 1.29 is 12.8 Å². The van der Waals surface area contributed by atoms with Crippen LogP contribution in [-0.2, 0) is 16.6 Å². The zero-order valence-corrected chi connectivity index (χ0v) is 14.7. The van der Waals surface area contributed by atoms with Crippen LogP contribution in [0.25, 0.3) is 0 Å². The van der Waals surface area contributed by atoms with Gasteiger partial charge in [-0.25, -0.2) is 12.8 Å². The van der Waals surface area contributed by atoms with E-state index in [9.17, 15) is 12.8 Å². The maximum atomic E-state index is 13.1. The Morgan fingerprint density at radius 3 is 2.52 bits per heavy atom. The van der Waals surface area contributed by atoms with Gasteiger partial charge in [0.05, 0.1) is 5.02 Å². The molecule has 0 radical (unpaired) electrons. The molecule has 1 aromatic heterocycles. The Hall–Kier alpha value is -0.990. The van der Waals surface area contributed by atoms with Crippen molar-refractivity contribution in [1.82, 2.24) is 9.21 Å². The third kappa shape index (κ3) is 3.75. The van der Waals surface area contributed by atoms with Crippen molar-refractivity contribution >= 4 is 33.0 Å². The Balaban J connectivity index is 1.68. The van der Waals surface area contributed by atoms with Crippen molar-refractivity contribution in [1.29, 1.82) is 0 Å². The Bertz CT molecular complexity index is 773. The lowest BCUT2D eigenvalue weighted by atomic mass is 10.3. The fraction of sp³-hybridized carbons (Fsp3) is 0.333. The van der Waals surface area contributed by atoms with E-state index in [1.807, 2.05) is 11.4 Å². The predicted molar refractivity (Wildman–Crippen MR) is 89.8 cm³/mol. The van der Waals surface area contributed by atoms with Crippen LogP contribution in [-0.4, -0.2) is 43.8 Å². The van der Waals surface area contributed by atoms with Crippen LogP contribution in [0.1, 0.15) is 4.88 Å². The van der Waals surface area contributed by atoms with E-state index in [-0.39, 0.29) is 9.92 Å². The van der Waals surface area contributed by atoms with Gasteiger partial charge in [-0.15, -0.1) is 11.3 Å². The largest absolute Gasteiger partial charge is 0.296 e. The van der Waals surface area contributed by atoms with Crippen molar-refractivity contribution in [3.05, 3.63) is 51.4 Å². The Labute approximate surface area is 144 Å². The number of piperazine rings is 1. The third-order valence-corrected chi connectivity index (χ3v) is 7.05. The van der Waals surface area contributed by atoms with Gasteiger partial charge in [-0.05, 0) is 29.6 Å². The molecule has 8 heteroatoms. The molecule has 1 saturated heterocycles. The van der Waals surface area contributed by atoms with Gasteiger partial charge in [0.25, 0.3) is 0 Å². The Morgan fingerprint density at radius 2 is 1.91 bits per heavy atom. The van der Waals surface area contributed by atoms with E-state index in [2.05, 4.69) is 11.0 Å². The molecule has 0 amide bonds. The summed E-state index contributed by atoms with van der Waals surface area (Å²) in [6.45, 7) is 2.97. The molecule has 2 heterocycles. The Morgan fingerprint density at radius 1 is 1.17 bits per heavy atom. The first kappa shape index (κ1) is 16.9. The summed E-state index contributed by atoms with van der Waals surface area (Å²) in [7, 11) is -3.68. The maximum absolute atomic E-state index is 13.1. The van der Waals surface area contributed by atoms with Crippen molar-refractivity contribution in [2.45, 2.75) is 11.4 Å². The lowest BCUT2D eigenvalue weighted by Crippen LogP contribution is -2.48. The van der Waals surface area contributed by atoms with Gasteiger partial charge in [-0.1, -0.05) is 17.7 Å². The monoisotopic (exact) mass is 374 g/mol. The Kier molecular flexibility index (Phi) is 5.03. The number of thiophene rings is 1. The highest BCUT2D eigenvalue weighted by Crippen LogP contribution is 2.26. The molecule has 0 aliphatic carbocycles. The number of benzene rings is 1. The molecule has 1 aliphatic rings. The number of nitrogens with zero attached hydrogens (tertiary/aromatic N) is 2. The molecule has 4 nitrogen and oxygen atoms in total. The summed E-state index contributed by atoms with van der Waals surface area (Å²) in [6, 6.07) is 7.46. The minimum atomic E-state index is -3.68. The van der Waals surface area contributed by atoms with Crippen LogP contribution in [0, 0.1) is 5.82 Å². The topological polar surface area (TPSA) is 40.6 Å². The first-order valence-electron chi connectivity index (χ1n) is 7.17. The second-order valence-electron chi connectivity index (χ2n) is 5.33. The van der Waals surface area contributed by atoms with Crippen molar-refractivity contribution in [2.24, 2.45) is 0 Å². The minimum Gasteiger partial charge on any atom is -0.296 e. The average molecular weight is 375 g/mol. The van der Waals surface area contributed by atoms with Gasteiger partial charge >= 0.3 is 0 Å². The van der Waals surface area contributed by atoms with E-state index < -0.39 is 15.8 Å². The van der Waals surface area contributed by atoms with Crippen LogP contribution in [0.5, 0.6) is 0 Å². The summed E-state index contributed by atoms with van der Waals surface area (Å²) in [4.78, 5) is 3.46. The zero-order chi connectivity index (χ0) is 16.4. The van der Waals surface area contributed by atoms with E-state index in [0.29, 0.717) is 26.2 Å². The molecule has 23 heavy (non-hydrogen) atoms. The van der Waals surface area contributed by atoms with Gasteiger partial charge < -0.3 is 0 Å². The third-order valence-electron chi connectivity index (χ3n) is 3.80. The van der Waals surface area contributed by atoms with Crippen LogP contribution in [0.4, 0.5) is 4.39 Å². The van der Waals surface area contributed by atoms with Crippen LogP contribution in [0.3, 0.4) is 0 Å². The number of hydrogen-bond donors (Lipinski definition) is 0. The van der Waals surface area contributed by atoms with Gasteiger partial charge in [0.15, 0.2) is 0 Å². The minimum absolute atomic E-state index is 0.0349. The molecule has 0 spiro atoms. The summed E-state index contributed by atoms with van der Waals surface area (Å²) in [6.07, 6.45) is 0. The standard InChI is InChI=1S/C15H16ClFN2O2S2/c16-14-10-12(17)3-4-15(14)23(20,21)19-7-5-18(6-8-19)11-13-2-1-9-22-13/h1-4,9-10H,5-8,11H2. The summed E-state index contributed by atoms with van der Waals surface area (Å²) < 4.78 is 39.8. The molecular weight excluding hydrogens is 359 g/mol. The fourth-order valence-corrected chi connectivity index (χ4v) is 5.25. The normalized spacial score (nSPS) is 17.5. The predicted octanol–water partition coefficient (Wildman–Crippen LogP) is 3.05. The summed E-state index contributed by atoms with van der Waals surface area (Å²) >= 11 is 7.60. The average Bonchev–Trinajstić information content (AvgIpc) is 3.00. The molecule has 0 saturated carbocycles. The molecular formula is C15H16ClFN2O2S2. The number of halogens is 2. The van der Waals surface area contributed by atoms with Crippen LogP contribution in [0.2, 0.25) is 5.02 Å². The quantitative estimate of drug-likeness (QED) is 0.825. The second-order valence-corrected chi connectivity index (χ2v) is 8.68. The summed E-state index contributed by atoms with van der Waals surface area (Å²) in [5.41, 5.74) is 0. The van der Waals surface area contributed by atoms with Gasteiger partial charge in [0, 0.05) is 37.6 Å². The SMILES string of the molecule is O=S(=O)(c1ccc(F)cc1Cl)N1CCN(Cc2cccs2)CC1. The molecule has 0 bridgehead atoms. The highest BCUT2D eigenvalue weighted by molar-refractivity contribution is 7.89. The maximum Gasteiger partial charge on any atom is 0.244 e. The molecule has 1 fully saturated rings. The van der Waals surface area contributed by atoms with Gasteiger partial charge in [0.2, 0.25) is 10.0 Å².